The summed E-state index contributed by atoms with van der Waals surface area (Å²) < 4.78 is 36.5. The molecule has 1 aliphatic heterocycles. The summed E-state index contributed by atoms with van der Waals surface area (Å²) in [4.78, 5) is 0. The van der Waals surface area contributed by atoms with Crippen LogP contribution in [0.1, 0.15) is 5.56 Å². The van der Waals surface area contributed by atoms with E-state index in [0.717, 1.165) is 5.56 Å². The average Bonchev–Trinajstić information content (AvgIpc) is 2.39. The van der Waals surface area contributed by atoms with Crippen LogP contribution in [0.3, 0.4) is 0 Å². The predicted molar refractivity (Wildman–Crippen MR) is 61.2 cm³/mol. The Labute approximate surface area is 104 Å². The average molecular weight is 259 g/mol. The van der Waals surface area contributed by atoms with Crippen molar-refractivity contribution in [3.8, 4) is 11.5 Å². The first-order valence-corrected chi connectivity index (χ1v) is 5.69. The van der Waals surface area contributed by atoms with Crippen LogP contribution in [0, 0.1) is 0 Å². The summed E-state index contributed by atoms with van der Waals surface area (Å²) in [5.74, 6) is -1.87. The van der Waals surface area contributed by atoms with Crippen molar-refractivity contribution in [3.63, 3.8) is 0 Å². The second-order valence-electron chi connectivity index (χ2n) is 4.06. The van der Waals surface area contributed by atoms with Gasteiger partial charge in [-0.3, -0.25) is 0 Å². The molecule has 0 radical (unpaired) electrons. The number of hydrogen-bond donors (Lipinski definition) is 2. The molecule has 0 spiro atoms. The summed E-state index contributed by atoms with van der Waals surface area (Å²) in [5, 5.41) is 11.0. The third-order valence-electron chi connectivity index (χ3n) is 2.58. The number of para-hydroxylation sites is 1. The smallest absolute Gasteiger partial charge is 0.282 e. The van der Waals surface area contributed by atoms with E-state index in [0.29, 0.717) is 24.7 Å². The summed E-state index contributed by atoms with van der Waals surface area (Å²) in [6, 6.07) is 5.35. The number of nitrogens with one attached hydrogen (secondary N) is 1. The van der Waals surface area contributed by atoms with Crippen molar-refractivity contribution in [2.75, 3.05) is 26.4 Å². The van der Waals surface area contributed by atoms with Crippen LogP contribution >= 0.6 is 0 Å². The Hall–Kier alpha value is -1.40. The fraction of sp³-hybridized carbons (Fsp3) is 0.500. The van der Waals surface area contributed by atoms with Gasteiger partial charge in [-0.15, -0.1) is 0 Å². The van der Waals surface area contributed by atoms with Crippen molar-refractivity contribution in [2.45, 2.75) is 12.5 Å². The summed E-state index contributed by atoms with van der Waals surface area (Å²) >= 11 is 0. The number of halogens is 2. The molecule has 2 rings (SSSR count). The first-order chi connectivity index (χ1) is 8.62. The zero-order chi connectivity index (χ0) is 13.0. The van der Waals surface area contributed by atoms with Crippen molar-refractivity contribution < 1.29 is 23.4 Å². The van der Waals surface area contributed by atoms with E-state index in [-0.39, 0.29) is 6.54 Å². The van der Waals surface area contributed by atoms with Crippen LogP contribution in [0.5, 0.6) is 11.5 Å². The summed E-state index contributed by atoms with van der Waals surface area (Å²) in [6.07, 6.45) is 0. The van der Waals surface area contributed by atoms with Gasteiger partial charge in [0, 0.05) is 12.1 Å². The van der Waals surface area contributed by atoms with Gasteiger partial charge in [0.05, 0.1) is 6.54 Å². The number of aliphatic hydroxyl groups is 1. The number of ether oxygens (including phenoxy) is 2. The molecule has 1 aromatic carbocycles. The molecule has 0 saturated heterocycles. The molecule has 1 aliphatic rings. The highest BCUT2D eigenvalue weighted by Gasteiger charge is 2.27. The molecule has 0 aromatic heterocycles. The van der Waals surface area contributed by atoms with Gasteiger partial charge in [-0.05, 0) is 6.07 Å². The Morgan fingerprint density at radius 1 is 1.28 bits per heavy atom. The largest absolute Gasteiger partial charge is 0.486 e. The summed E-state index contributed by atoms with van der Waals surface area (Å²) in [7, 11) is 0. The minimum Gasteiger partial charge on any atom is -0.486 e. The van der Waals surface area contributed by atoms with E-state index < -0.39 is 19.1 Å². The lowest BCUT2D eigenvalue weighted by Crippen LogP contribution is -2.35. The highest BCUT2D eigenvalue weighted by molar-refractivity contribution is 5.47. The van der Waals surface area contributed by atoms with Gasteiger partial charge in [0.1, 0.15) is 19.8 Å². The fourth-order valence-corrected chi connectivity index (χ4v) is 1.71. The lowest BCUT2D eigenvalue weighted by Gasteiger charge is -2.21. The monoisotopic (exact) mass is 259 g/mol. The van der Waals surface area contributed by atoms with Crippen LogP contribution < -0.4 is 14.8 Å². The standard InChI is InChI=1S/C12H15F2NO3/c13-12(14,8-16)7-15-6-9-2-1-3-10-11(9)18-5-4-17-10/h1-3,15-16H,4-8H2. The first-order valence-electron chi connectivity index (χ1n) is 5.69. The second kappa shape index (κ2) is 5.49. The topological polar surface area (TPSA) is 50.7 Å². The number of rotatable bonds is 5. The van der Waals surface area contributed by atoms with Gasteiger partial charge < -0.3 is 19.9 Å². The third-order valence-corrected chi connectivity index (χ3v) is 2.58. The Balaban J connectivity index is 1.97. The molecule has 100 valence electrons. The van der Waals surface area contributed by atoms with Gasteiger partial charge >= 0.3 is 0 Å². The van der Waals surface area contributed by atoms with E-state index in [9.17, 15) is 8.78 Å². The zero-order valence-electron chi connectivity index (χ0n) is 9.79. The van der Waals surface area contributed by atoms with Crippen LogP contribution in [-0.4, -0.2) is 37.4 Å². The number of benzene rings is 1. The van der Waals surface area contributed by atoms with Gasteiger partial charge in [-0.2, -0.15) is 0 Å². The number of hydrogen-bond acceptors (Lipinski definition) is 4. The van der Waals surface area contributed by atoms with E-state index in [2.05, 4.69) is 5.32 Å². The number of aliphatic hydroxyl groups excluding tert-OH is 1. The Bertz CT molecular complexity index is 412. The van der Waals surface area contributed by atoms with Crippen molar-refractivity contribution >= 4 is 0 Å². The molecule has 18 heavy (non-hydrogen) atoms. The first kappa shape index (κ1) is 13.0. The van der Waals surface area contributed by atoms with Crippen molar-refractivity contribution in [1.82, 2.24) is 5.32 Å². The molecular formula is C12H15F2NO3. The molecule has 0 aliphatic carbocycles. The maximum Gasteiger partial charge on any atom is 0.282 e. The Kier molecular flexibility index (Phi) is 3.98. The van der Waals surface area contributed by atoms with Crippen LogP contribution in [-0.2, 0) is 6.54 Å². The molecule has 1 heterocycles. The minimum absolute atomic E-state index is 0.238. The molecule has 0 bridgehead atoms. The number of alkyl halides is 2. The van der Waals surface area contributed by atoms with E-state index in [4.69, 9.17) is 14.6 Å². The van der Waals surface area contributed by atoms with Crippen molar-refractivity contribution in [2.24, 2.45) is 0 Å². The fourth-order valence-electron chi connectivity index (χ4n) is 1.71. The summed E-state index contributed by atoms with van der Waals surface area (Å²) in [5.41, 5.74) is 0.765. The van der Waals surface area contributed by atoms with Gasteiger partial charge in [0.2, 0.25) is 0 Å². The van der Waals surface area contributed by atoms with E-state index >= 15 is 0 Å². The maximum atomic E-state index is 12.8. The van der Waals surface area contributed by atoms with Gasteiger partial charge in [-0.1, -0.05) is 12.1 Å². The Morgan fingerprint density at radius 3 is 2.83 bits per heavy atom. The van der Waals surface area contributed by atoms with Crippen LogP contribution in [0.25, 0.3) is 0 Å². The highest BCUT2D eigenvalue weighted by atomic mass is 19.3. The van der Waals surface area contributed by atoms with E-state index in [1.807, 2.05) is 0 Å². The Morgan fingerprint density at radius 2 is 2.06 bits per heavy atom. The van der Waals surface area contributed by atoms with E-state index in [1.54, 1.807) is 18.2 Å². The zero-order valence-corrected chi connectivity index (χ0v) is 9.79. The van der Waals surface area contributed by atoms with Crippen LogP contribution in [0.4, 0.5) is 8.78 Å². The van der Waals surface area contributed by atoms with Crippen molar-refractivity contribution in [3.05, 3.63) is 23.8 Å². The van der Waals surface area contributed by atoms with Crippen LogP contribution in [0.2, 0.25) is 0 Å². The van der Waals surface area contributed by atoms with E-state index in [1.165, 1.54) is 0 Å². The molecule has 0 atom stereocenters. The molecular weight excluding hydrogens is 244 g/mol. The maximum absolute atomic E-state index is 12.8. The molecule has 4 nitrogen and oxygen atoms in total. The summed E-state index contributed by atoms with van der Waals surface area (Å²) in [6.45, 7) is -0.550. The number of fused-ring (bicyclic) bond motifs is 1. The SMILES string of the molecule is OCC(F)(F)CNCc1cccc2c1OCCO2. The third kappa shape index (κ3) is 3.08. The quantitative estimate of drug-likeness (QED) is 0.833. The van der Waals surface area contributed by atoms with Gasteiger partial charge in [0.25, 0.3) is 5.92 Å². The molecule has 6 heteroatoms. The molecule has 1 aromatic rings. The molecule has 0 saturated carbocycles. The minimum atomic E-state index is -3.10. The normalized spacial score (nSPS) is 14.6. The lowest BCUT2D eigenvalue weighted by molar-refractivity contribution is -0.0478. The van der Waals surface area contributed by atoms with Gasteiger partial charge in [0.15, 0.2) is 11.5 Å². The highest BCUT2D eigenvalue weighted by Crippen LogP contribution is 2.33. The second-order valence-corrected chi connectivity index (χ2v) is 4.06. The molecule has 2 N–H and O–H groups in total. The van der Waals surface area contributed by atoms with Crippen molar-refractivity contribution in [1.29, 1.82) is 0 Å². The molecule has 0 amide bonds. The predicted octanol–water partition coefficient (Wildman–Crippen LogP) is 1.18. The van der Waals surface area contributed by atoms with Crippen LogP contribution in [0.15, 0.2) is 18.2 Å². The van der Waals surface area contributed by atoms with Gasteiger partial charge in [-0.25, -0.2) is 8.78 Å². The molecule has 0 fully saturated rings. The molecule has 0 unspecified atom stereocenters. The lowest BCUT2D eigenvalue weighted by atomic mass is 10.1.